The fourth-order valence-electron chi connectivity index (χ4n) is 5.26. The SMILES string of the molecule is CN(Cc1cccc(OCCN2CCN(S(=O)(=O)c3ccc4ccccc4c3)CC2)c1)CC1CCC(=O)N1. The molecule has 9 heteroatoms. The summed E-state index contributed by atoms with van der Waals surface area (Å²) in [5, 5.41) is 4.99. The molecular formula is C29H36N4O4S. The van der Waals surface area contributed by atoms with Gasteiger partial charge in [0.15, 0.2) is 0 Å². The molecule has 0 bridgehead atoms. The molecule has 5 rings (SSSR count). The van der Waals surface area contributed by atoms with Crippen LogP contribution in [0.15, 0.2) is 71.6 Å². The van der Waals surface area contributed by atoms with E-state index >= 15 is 0 Å². The van der Waals surface area contributed by atoms with Gasteiger partial charge < -0.3 is 15.0 Å². The Morgan fingerprint density at radius 1 is 0.974 bits per heavy atom. The van der Waals surface area contributed by atoms with Crippen molar-refractivity contribution in [3.05, 3.63) is 72.3 Å². The number of hydrogen-bond acceptors (Lipinski definition) is 6. The van der Waals surface area contributed by atoms with Crippen LogP contribution in [0.5, 0.6) is 5.75 Å². The molecule has 0 aromatic heterocycles. The lowest BCUT2D eigenvalue weighted by atomic mass is 10.1. The Bertz CT molecular complexity index is 1370. The third-order valence-corrected chi connectivity index (χ3v) is 9.23. The van der Waals surface area contributed by atoms with Crippen LogP contribution >= 0.6 is 0 Å². The number of nitrogens with one attached hydrogen (secondary N) is 1. The lowest BCUT2D eigenvalue weighted by Gasteiger charge is -2.33. The number of sulfonamides is 1. The van der Waals surface area contributed by atoms with Crippen LogP contribution in [0.25, 0.3) is 10.8 Å². The monoisotopic (exact) mass is 536 g/mol. The van der Waals surface area contributed by atoms with Crippen molar-refractivity contribution < 1.29 is 17.9 Å². The molecule has 1 unspecified atom stereocenters. The smallest absolute Gasteiger partial charge is 0.243 e. The lowest BCUT2D eigenvalue weighted by Crippen LogP contribution is -2.49. The first kappa shape index (κ1) is 26.6. The van der Waals surface area contributed by atoms with Crippen molar-refractivity contribution in [2.24, 2.45) is 0 Å². The predicted molar refractivity (Wildman–Crippen MR) is 149 cm³/mol. The summed E-state index contributed by atoms with van der Waals surface area (Å²) in [5.74, 6) is 0.981. The van der Waals surface area contributed by atoms with Gasteiger partial charge in [0.1, 0.15) is 12.4 Å². The van der Waals surface area contributed by atoms with E-state index in [9.17, 15) is 13.2 Å². The third kappa shape index (κ3) is 6.53. The first-order valence-electron chi connectivity index (χ1n) is 13.3. The maximum Gasteiger partial charge on any atom is 0.243 e. The number of rotatable bonds is 10. The zero-order chi connectivity index (χ0) is 26.5. The summed E-state index contributed by atoms with van der Waals surface area (Å²) in [7, 11) is -1.45. The maximum absolute atomic E-state index is 13.2. The van der Waals surface area contributed by atoms with Crippen molar-refractivity contribution in [2.45, 2.75) is 30.3 Å². The van der Waals surface area contributed by atoms with Gasteiger partial charge in [-0.15, -0.1) is 0 Å². The Labute approximate surface area is 225 Å². The highest BCUT2D eigenvalue weighted by Gasteiger charge is 2.28. The molecule has 2 aliphatic rings. The minimum absolute atomic E-state index is 0.145. The Balaban J connectivity index is 1.07. The Morgan fingerprint density at radius 2 is 1.76 bits per heavy atom. The minimum Gasteiger partial charge on any atom is -0.492 e. The van der Waals surface area contributed by atoms with E-state index in [1.807, 2.05) is 42.5 Å². The molecule has 1 atom stereocenters. The van der Waals surface area contributed by atoms with E-state index in [2.05, 4.69) is 34.3 Å². The summed E-state index contributed by atoms with van der Waals surface area (Å²) in [6.07, 6.45) is 1.52. The maximum atomic E-state index is 13.2. The molecule has 1 N–H and O–H groups in total. The number of carbonyl (C=O) groups excluding carboxylic acids is 1. The van der Waals surface area contributed by atoms with E-state index in [4.69, 9.17) is 4.74 Å². The molecule has 0 spiro atoms. The number of fused-ring (bicyclic) bond motifs is 1. The molecule has 2 heterocycles. The Hall–Kier alpha value is -2.98. The highest BCUT2D eigenvalue weighted by atomic mass is 32.2. The number of nitrogens with zero attached hydrogens (tertiary/aromatic N) is 3. The van der Waals surface area contributed by atoms with Crippen LogP contribution < -0.4 is 10.1 Å². The average molecular weight is 537 g/mol. The van der Waals surface area contributed by atoms with E-state index in [0.717, 1.165) is 42.6 Å². The van der Waals surface area contributed by atoms with Gasteiger partial charge in [0, 0.05) is 58.3 Å². The Kier molecular flexibility index (Phi) is 8.28. The van der Waals surface area contributed by atoms with E-state index < -0.39 is 10.0 Å². The van der Waals surface area contributed by atoms with Gasteiger partial charge in [-0.1, -0.05) is 42.5 Å². The number of ether oxygens (including phenoxy) is 1. The normalized spacial score (nSPS) is 19.2. The first-order valence-corrected chi connectivity index (χ1v) is 14.7. The largest absolute Gasteiger partial charge is 0.492 e. The molecular weight excluding hydrogens is 500 g/mol. The number of hydrogen-bond donors (Lipinski definition) is 1. The zero-order valence-corrected chi connectivity index (χ0v) is 22.7. The van der Waals surface area contributed by atoms with Gasteiger partial charge in [-0.05, 0) is 54.1 Å². The molecule has 8 nitrogen and oxygen atoms in total. The third-order valence-electron chi connectivity index (χ3n) is 7.33. The van der Waals surface area contributed by atoms with E-state index in [-0.39, 0.29) is 11.9 Å². The molecule has 202 valence electrons. The van der Waals surface area contributed by atoms with E-state index in [1.54, 1.807) is 16.4 Å². The molecule has 0 saturated carbocycles. The van der Waals surface area contributed by atoms with Crippen molar-refractivity contribution in [2.75, 3.05) is 52.9 Å². The van der Waals surface area contributed by atoms with Gasteiger partial charge in [-0.25, -0.2) is 8.42 Å². The lowest BCUT2D eigenvalue weighted by molar-refractivity contribution is -0.119. The van der Waals surface area contributed by atoms with Gasteiger partial charge in [-0.3, -0.25) is 9.69 Å². The standard InChI is InChI=1S/C29H36N4O4S/c1-31(22-26-10-12-29(34)30-26)21-23-5-4-8-27(19-23)37-18-17-32-13-15-33(16-14-32)38(35,36)28-11-9-24-6-2-3-7-25(24)20-28/h2-9,11,19-20,26H,10,12-18,21-22H2,1H3,(H,30,34). The van der Waals surface area contributed by atoms with Crippen molar-refractivity contribution in [1.82, 2.24) is 19.4 Å². The van der Waals surface area contributed by atoms with Crippen LogP contribution in [0.1, 0.15) is 18.4 Å². The molecule has 3 aromatic rings. The van der Waals surface area contributed by atoms with E-state index in [0.29, 0.717) is 44.1 Å². The van der Waals surface area contributed by atoms with Gasteiger partial charge >= 0.3 is 0 Å². The summed E-state index contributed by atoms with van der Waals surface area (Å²) in [5.41, 5.74) is 1.17. The molecule has 2 saturated heterocycles. The van der Waals surface area contributed by atoms with Crippen molar-refractivity contribution in [1.29, 1.82) is 0 Å². The fourth-order valence-corrected chi connectivity index (χ4v) is 6.72. The van der Waals surface area contributed by atoms with Crippen molar-refractivity contribution >= 4 is 26.7 Å². The second kappa shape index (κ2) is 11.8. The van der Waals surface area contributed by atoms with Crippen LogP contribution in [-0.2, 0) is 21.4 Å². The van der Waals surface area contributed by atoms with Crippen molar-refractivity contribution in [3.8, 4) is 5.75 Å². The van der Waals surface area contributed by atoms with Gasteiger partial charge in [0.05, 0.1) is 4.90 Å². The van der Waals surface area contributed by atoms with Crippen molar-refractivity contribution in [3.63, 3.8) is 0 Å². The molecule has 2 aliphatic heterocycles. The summed E-state index contributed by atoms with van der Waals surface area (Å²) in [6.45, 7) is 5.21. The number of piperazine rings is 1. The van der Waals surface area contributed by atoms with Gasteiger partial charge in [0.25, 0.3) is 0 Å². The van der Waals surface area contributed by atoms with Gasteiger partial charge in [0.2, 0.25) is 15.9 Å². The molecule has 2 fully saturated rings. The topological polar surface area (TPSA) is 82.2 Å². The molecule has 38 heavy (non-hydrogen) atoms. The summed E-state index contributed by atoms with van der Waals surface area (Å²) in [6, 6.07) is 21.5. The number of carbonyl (C=O) groups is 1. The van der Waals surface area contributed by atoms with Crippen LogP contribution in [0, 0.1) is 0 Å². The quantitative estimate of drug-likeness (QED) is 0.429. The minimum atomic E-state index is -3.51. The molecule has 0 radical (unpaired) electrons. The molecule has 0 aliphatic carbocycles. The predicted octanol–water partition coefficient (Wildman–Crippen LogP) is 2.94. The summed E-state index contributed by atoms with van der Waals surface area (Å²) < 4.78 is 34.1. The number of likely N-dealkylation sites (N-methyl/N-ethyl adjacent to an activating group) is 1. The molecule has 1 amide bonds. The number of benzene rings is 3. The van der Waals surface area contributed by atoms with E-state index in [1.165, 1.54) is 5.56 Å². The summed E-state index contributed by atoms with van der Waals surface area (Å²) in [4.78, 5) is 16.3. The van der Waals surface area contributed by atoms with Crippen LogP contribution in [0.4, 0.5) is 0 Å². The summed E-state index contributed by atoms with van der Waals surface area (Å²) >= 11 is 0. The van der Waals surface area contributed by atoms with Crippen LogP contribution in [0.3, 0.4) is 0 Å². The zero-order valence-electron chi connectivity index (χ0n) is 21.9. The first-order chi connectivity index (χ1) is 18.4. The second-order valence-electron chi connectivity index (χ2n) is 10.3. The van der Waals surface area contributed by atoms with Gasteiger partial charge in [-0.2, -0.15) is 4.31 Å². The second-order valence-corrected chi connectivity index (χ2v) is 12.2. The fraction of sp³-hybridized carbons (Fsp3) is 0.414. The highest BCUT2D eigenvalue weighted by Crippen LogP contribution is 2.23. The number of amides is 1. The van der Waals surface area contributed by atoms with Crippen LogP contribution in [-0.4, -0.2) is 87.4 Å². The average Bonchev–Trinajstić information content (AvgIpc) is 3.33. The van der Waals surface area contributed by atoms with Crippen LogP contribution in [0.2, 0.25) is 0 Å². The molecule has 3 aromatic carbocycles. The highest BCUT2D eigenvalue weighted by molar-refractivity contribution is 7.89. The Morgan fingerprint density at radius 3 is 2.53 bits per heavy atom.